The number of alkyl halides is 2. The first-order valence-electron chi connectivity index (χ1n) is 5.02. The summed E-state index contributed by atoms with van der Waals surface area (Å²) in [5, 5.41) is 11.3. The van der Waals surface area contributed by atoms with Crippen LogP contribution in [0.25, 0.3) is 10.8 Å². The van der Waals surface area contributed by atoms with E-state index in [1.165, 1.54) is 6.07 Å². The minimum absolute atomic E-state index is 0.264. The van der Waals surface area contributed by atoms with Gasteiger partial charge in [0.15, 0.2) is 0 Å². The minimum Gasteiger partial charge on any atom is -0.379 e. The van der Waals surface area contributed by atoms with Crippen molar-refractivity contribution in [2.45, 2.75) is 19.0 Å². The lowest BCUT2D eigenvalue weighted by molar-refractivity contribution is -0.0873. The summed E-state index contributed by atoms with van der Waals surface area (Å²) >= 11 is 0. The number of rotatable bonds is 2. The molecule has 1 atom stereocenters. The molecule has 2 aromatic carbocycles. The van der Waals surface area contributed by atoms with Gasteiger partial charge in [-0.15, -0.1) is 0 Å². The molecule has 0 aromatic heterocycles. The van der Waals surface area contributed by atoms with Gasteiger partial charge in [0, 0.05) is 0 Å². The molecule has 0 fully saturated rings. The van der Waals surface area contributed by atoms with Gasteiger partial charge in [-0.05, 0) is 23.3 Å². The first-order valence-corrected chi connectivity index (χ1v) is 5.02. The monoisotopic (exact) mass is 222 g/mol. The van der Waals surface area contributed by atoms with Gasteiger partial charge in [-0.2, -0.15) is 0 Å². The molecule has 0 radical (unpaired) electrons. The van der Waals surface area contributed by atoms with Gasteiger partial charge >= 0.3 is 0 Å². The van der Waals surface area contributed by atoms with E-state index in [4.69, 9.17) is 0 Å². The van der Waals surface area contributed by atoms with E-state index in [1.54, 1.807) is 18.2 Å². The van der Waals surface area contributed by atoms with E-state index in [1.807, 2.05) is 18.2 Å². The maximum absolute atomic E-state index is 12.8. The van der Waals surface area contributed by atoms with Crippen LogP contribution in [0.3, 0.4) is 0 Å². The van der Waals surface area contributed by atoms with Gasteiger partial charge in [0.1, 0.15) is 5.60 Å². The lowest BCUT2D eigenvalue weighted by Gasteiger charge is -2.24. The fraction of sp³-hybridized carbons (Fsp3) is 0.231. The van der Waals surface area contributed by atoms with E-state index >= 15 is 0 Å². The lowest BCUT2D eigenvalue weighted by atomic mass is 9.91. The minimum atomic E-state index is -2.81. The summed E-state index contributed by atoms with van der Waals surface area (Å²) in [5.41, 5.74) is -1.85. The number of benzene rings is 2. The number of hydrogen-bond donors (Lipinski definition) is 1. The summed E-state index contributed by atoms with van der Waals surface area (Å²) in [6.07, 6.45) is -2.81. The third kappa shape index (κ3) is 1.67. The summed E-state index contributed by atoms with van der Waals surface area (Å²) in [5.74, 6) is 0. The zero-order valence-corrected chi connectivity index (χ0v) is 8.82. The maximum Gasteiger partial charge on any atom is 0.270 e. The Morgan fingerprint density at radius 3 is 2.38 bits per heavy atom. The van der Waals surface area contributed by atoms with Gasteiger partial charge in [-0.3, -0.25) is 0 Å². The Morgan fingerprint density at radius 1 is 1.06 bits per heavy atom. The van der Waals surface area contributed by atoms with E-state index in [2.05, 4.69) is 0 Å². The smallest absolute Gasteiger partial charge is 0.270 e. The molecule has 0 bridgehead atoms. The predicted molar refractivity (Wildman–Crippen MR) is 59.5 cm³/mol. The highest BCUT2D eigenvalue weighted by Gasteiger charge is 2.35. The molecule has 0 aliphatic rings. The van der Waals surface area contributed by atoms with E-state index in [-0.39, 0.29) is 5.56 Å². The average Bonchev–Trinajstić information content (AvgIpc) is 2.28. The van der Waals surface area contributed by atoms with Gasteiger partial charge in [0.2, 0.25) is 0 Å². The molecule has 1 N–H and O–H groups in total. The van der Waals surface area contributed by atoms with Crippen molar-refractivity contribution in [1.29, 1.82) is 0 Å². The van der Waals surface area contributed by atoms with Crippen LogP contribution in [-0.2, 0) is 5.60 Å². The van der Waals surface area contributed by atoms with Gasteiger partial charge in [0.05, 0.1) is 0 Å². The SMILES string of the molecule is CC(O)(c1cccc2ccccc12)C(F)F. The normalized spacial score (nSPS) is 15.3. The predicted octanol–water partition coefficient (Wildman–Crippen LogP) is 3.31. The summed E-state index contributed by atoms with van der Waals surface area (Å²) in [7, 11) is 0. The Labute approximate surface area is 92.3 Å². The number of fused-ring (bicyclic) bond motifs is 1. The van der Waals surface area contributed by atoms with Crippen LogP contribution in [-0.4, -0.2) is 11.5 Å². The topological polar surface area (TPSA) is 20.2 Å². The highest BCUT2D eigenvalue weighted by molar-refractivity contribution is 5.86. The quantitative estimate of drug-likeness (QED) is 0.826. The van der Waals surface area contributed by atoms with Crippen molar-refractivity contribution < 1.29 is 13.9 Å². The second-order valence-electron chi connectivity index (χ2n) is 3.97. The van der Waals surface area contributed by atoms with Crippen LogP contribution in [0.5, 0.6) is 0 Å². The van der Waals surface area contributed by atoms with Crippen molar-refractivity contribution in [2.75, 3.05) is 0 Å². The summed E-state index contributed by atoms with van der Waals surface area (Å²) in [6, 6.07) is 12.2. The number of aliphatic hydroxyl groups is 1. The second-order valence-corrected chi connectivity index (χ2v) is 3.97. The van der Waals surface area contributed by atoms with E-state index < -0.39 is 12.0 Å². The van der Waals surface area contributed by atoms with Gasteiger partial charge < -0.3 is 5.11 Å². The van der Waals surface area contributed by atoms with Crippen molar-refractivity contribution in [3.63, 3.8) is 0 Å². The molecule has 16 heavy (non-hydrogen) atoms. The standard InChI is InChI=1S/C13H12F2O/c1-13(16,12(14)15)11-8-4-6-9-5-2-3-7-10(9)11/h2-8,12,16H,1H3. The van der Waals surface area contributed by atoms with Crippen molar-refractivity contribution in [2.24, 2.45) is 0 Å². The van der Waals surface area contributed by atoms with Crippen LogP contribution in [0.15, 0.2) is 42.5 Å². The Bertz CT molecular complexity index is 501. The fourth-order valence-corrected chi connectivity index (χ4v) is 1.78. The molecule has 0 heterocycles. The average molecular weight is 222 g/mol. The highest BCUT2D eigenvalue weighted by Crippen LogP contribution is 2.32. The Balaban J connectivity index is 2.70. The third-order valence-corrected chi connectivity index (χ3v) is 2.76. The second kappa shape index (κ2) is 3.83. The number of halogens is 2. The van der Waals surface area contributed by atoms with E-state index in [9.17, 15) is 13.9 Å². The van der Waals surface area contributed by atoms with Crippen molar-refractivity contribution in [1.82, 2.24) is 0 Å². The van der Waals surface area contributed by atoms with Crippen molar-refractivity contribution in [3.05, 3.63) is 48.0 Å². The van der Waals surface area contributed by atoms with Crippen LogP contribution in [0, 0.1) is 0 Å². The zero-order valence-electron chi connectivity index (χ0n) is 8.82. The van der Waals surface area contributed by atoms with Gasteiger partial charge in [-0.25, -0.2) is 8.78 Å². The summed E-state index contributed by atoms with van der Waals surface area (Å²) < 4.78 is 25.6. The first kappa shape index (κ1) is 11.0. The fourth-order valence-electron chi connectivity index (χ4n) is 1.78. The highest BCUT2D eigenvalue weighted by atomic mass is 19.3. The molecule has 3 heteroatoms. The zero-order chi connectivity index (χ0) is 11.8. The number of hydrogen-bond acceptors (Lipinski definition) is 1. The molecule has 0 aliphatic heterocycles. The molecule has 0 saturated carbocycles. The molecule has 1 unspecified atom stereocenters. The van der Waals surface area contributed by atoms with Crippen LogP contribution in [0.4, 0.5) is 8.78 Å². The molecule has 2 aromatic rings. The summed E-state index contributed by atoms with van der Waals surface area (Å²) in [4.78, 5) is 0. The van der Waals surface area contributed by atoms with Crippen molar-refractivity contribution in [3.8, 4) is 0 Å². The first-order chi connectivity index (χ1) is 7.53. The van der Waals surface area contributed by atoms with Crippen LogP contribution < -0.4 is 0 Å². The van der Waals surface area contributed by atoms with Crippen LogP contribution >= 0.6 is 0 Å². The van der Waals surface area contributed by atoms with E-state index in [0.29, 0.717) is 5.39 Å². The van der Waals surface area contributed by atoms with Gasteiger partial charge in [0.25, 0.3) is 6.43 Å². The Kier molecular flexibility index (Phi) is 2.64. The molecule has 0 spiro atoms. The maximum atomic E-state index is 12.8. The van der Waals surface area contributed by atoms with E-state index in [0.717, 1.165) is 12.3 Å². The molecule has 1 nitrogen and oxygen atoms in total. The molecule has 0 amide bonds. The third-order valence-electron chi connectivity index (χ3n) is 2.76. The molecular formula is C13H12F2O. The Morgan fingerprint density at radius 2 is 1.69 bits per heavy atom. The lowest BCUT2D eigenvalue weighted by Crippen LogP contribution is -2.30. The molecular weight excluding hydrogens is 210 g/mol. The van der Waals surface area contributed by atoms with Gasteiger partial charge in [-0.1, -0.05) is 42.5 Å². The molecule has 84 valence electrons. The Hall–Kier alpha value is -1.48. The van der Waals surface area contributed by atoms with Crippen molar-refractivity contribution >= 4 is 10.8 Å². The van der Waals surface area contributed by atoms with Crippen LogP contribution in [0.1, 0.15) is 12.5 Å². The molecule has 0 saturated heterocycles. The largest absolute Gasteiger partial charge is 0.379 e. The van der Waals surface area contributed by atoms with Crippen LogP contribution in [0.2, 0.25) is 0 Å². The molecule has 2 rings (SSSR count). The summed E-state index contributed by atoms with van der Waals surface area (Å²) in [6.45, 7) is 1.14. The molecule has 0 aliphatic carbocycles.